The molecule has 1 aliphatic heterocycles. The molecule has 1 saturated heterocycles. The normalized spacial score (nSPS) is 34.2. The highest BCUT2D eigenvalue weighted by molar-refractivity contribution is 7.91. The number of rotatable bonds is 2. The Hall–Kier alpha value is -1.11. The van der Waals surface area contributed by atoms with Gasteiger partial charge in [0.15, 0.2) is 9.84 Å². The van der Waals surface area contributed by atoms with Gasteiger partial charge in [-0.15, -0.1) is 0 Å². The van der Waals surface area contributed by atoms with Gasteiger partial charge >= 0.3 is 5.97 Å². The van der Waals surface area contributed by atoms with Gasteiger partial charge in [-0.25, -0.2) is 8.42 Å². The number of carbonyl (C=O) groups is 2. The van der Waals surface area contributed by atoms with Crippen molar-refractivity contribution in [2.24, 2.45) is 11.8 Å². The maximum absolute atomic E-state index is 12.3. The molecule has 1 saturated carbocycles. The number of aliphatic carboxylic acids is 1. The summed E-state index contributed by atoms with van der Waals surface area (Å²) in [6.45, 7) is 1.97. The van der Waals surface area contributed by atoms with Gasteiger partial charge in [0.1, 0.15) is 0 Å². The van der Waals surface area contributed by atoms with E-state index in [1.807, 2.05) is 0 Å². The summed E-state index contributed by atoms with van der Waals surface area (Å²) in [5.74, 6) is -1.59. The highest BCUT2D eigenvalue weighted by atomic mass is 32.2. The average Bonchev–Trinajstić information content (AvgIpc) is 2.76. The predicted octanol–water partition coefficient (Wildman–Crippen LogP) is 0.133. The van der Waals surface area contributed by atoms with Gasteiger partial charge < -0.3 is 10.0 Å². The minimum Gasteiger partial charge on any atom is -0.481 e. The second kappa shape index (κ2) is 5.11. The van der Waals surface area contributed by atoms with Gasteiger partial charge in [-0.3, -0.25) is 9.59 Å². The monoisotopic (exact) mass is 289 g/mol. The minimum atomic E-state index is -3.03. The average molecular weight is 289 g/mol. The van der Waals surface area contributed by atoms with E-state index in [2.05, 4.69) is 0 Å². The first-order valence-corrected chi connectivity index (χ1v) is 8.36. The Morgan fingerprint density at radius 3 is 2.37 bits per heavy atom. The van der Waals surface area contributed by atoms with Gasteiger partial charge in [0.2, 0.25) is 5.91 Å². The molecular formula is C12H19NO5S. The van der Waals surface area contributed by atoms with Gasteiger partial charge in [-0.1, -0.05) is 0 Å². The van der Waals surface area contributed by atoms with Crippen LogP contribution in [0.15, 0.2) is 0 Å². The van der Waals surface area contributed by atoms with E-state index in [9.17, 15) is 18.0 Å². The molecule has 6 nitrogen and oxygen atoms in total. The second-order valence-electron chi connectivity index (χ2n) is 5.54. The second-order valence-corrected chi connectivity index (χ2v) is 7.77. The van der Waals surface area contributed by atoms with Crippen molar-refractivity contribution in [3.05, 3.63) is 0 Å². The SMILES string of the molecule is CC1CS(=O)(=O)CCN1C(=O)C1CCC(C(=O)O)C1. The van der Waals surface area contributed by atoms with Crippen LogP contribution < -0.4 is 0 Å². The molecule has 1 aliphatic carbocycles. The fourth-order valence-electron chi connectivity index (χ4n) is 2.99. The van der Waals surface area contributed by atoms with Crippen molar-refractivity contribution < 1.29 is 23.1 Å². The quantitative estimate of drug-likeness (QED) is 0.780. The summed E-state index contributed by atoms with van der Waals surface area (Å²) >= 11 is 0. The molecule has 108 valence electrons. The summed E-state index contributed by atoms with van der Waals surface area (Å²) in [5.41, 5.74) is 0. The Kier molecular flexibility index (Phi) is 3.85. The van der Waals surface area contributed by atoms with Crippen LogP contribution in [0, 0.1) is 11.8 Å². The third kappa shape index (κ3) is 3.08. The molecule has 0 aromatic carbocycles. The van der Waals surface area contributed by atoms with Crippen LogP contribution in [0.4, 0.5) is 0 Å². The molecule has 3 atom stereocenters. The highest BCUT2D eigenvalue weighted by Gasteiger charge is 2.39. The van der Waals surface area contributed by atoms with Crippen LogP contribution in [0.2, 0.25) is 0 Å². The third-order valence-electron chi connectivity index (χ3n) is 4.08. The zero-order chi connectivity index (χ0) is 14.2. The molecule has 0 radical (unpaired) electrons. The van der Waals surface area contributed by atoms with Gasteiger partial charge in [0.25, 0.3) is 0 Å². The lowest BCUT2D eigenvalue weighted by atomic mass is 10.0. The smallest absolute Gasteiger partial charge is 0.306 e. The Morgan fingerprint density at radius 2 is 1.84 bits per heavy atom. The zero-order valence-corrected chi connectivity index (χ0v) is 11.7. The van der Waals surface area contributed by atoms with Crippen molar-refractivity contribution in [3.63, 3.8) is 0 Å². The number of carboxylic acids is 1. The molecule has 0 aromatic heterocycles. The van der Waals surface area contributed by atoms with Gasteiger partial charge in [0.05, 0.1) is 17.4 Å². The molecule has 1 N–H and O–H groups in total. The van der Waals surface area contributed by atoms with Crippen molar-refractivity contribution in [2.75, 3.05) is 18.1 Å². The van der Waals surface area contributed by atoms with E-state index in [0.717, 1.165) is 0 Å². The fourth-order valence-corrected chi connectivity index (χ4v) is 4.55. The summed E-state index contributed by atoms with van der Waals surface area (Å²) in [4.78, 5) is 24.8. The van der Waals surface area contributed by atoms with Crippen LogP contribution in [0.1, 0.15) is 26.2 Å². The number of nitrogens with zero attached hydrogens (tertiary/aromatic N) is 1. The number of hydrogen-bond donors (Lipinski definition) is 1. The maximum Gasteiger partial charge on any atom is 0.306 e. The van der Waals surface area contributed by atoms with E-state index in [1.165, 1.54) is 0 Å². The molecule has 0 bridgehead atoms. The molecule has 2 aliphatic rings. The van der Waals surface area contributed by atoms with E-state index >= 15 is 0 Å². The summed E-state index contributed by atoms with van der Waals surface area (Å²) in [6, 6.07) is -0.310. The lowest BCUT2D eigenvalue weighted by Gasteiger charge is -2.35. The van der Waals surface area contributed by atoms with Crippen molar-refractivity contribution in [3.8, 4) is 0 Å². The van der Waals surface area contributed by atoms with Gasteiger partial charge in [-0.2, -0.15) is 0 Å². The van der Waals surface area contributed by atoms with E-state index in [1.54, 1.807) is 11.8 Å². The van der Waals surface area contributed by atoms with E-state index in [4.69, 9.17) is 5.11 Å². The fraction of sp³-hybridized carbons (Fsp3) is 0.833. The van der Waals surface area contributed by atoms with E-state index < -0.39 is 21.7 Å². The topological polar surface area (TPSA) is 91.8 Å². The first kappa shape index (κ1) is 14.3. The number of sulfone groups is 1. The molecule has 19 heavy (non-hydrogen) atoms. The lowest BCUT2D eigenvalue weighted by Crippen LogP contribution is -2.51. The van der Waals surface area contributed by atoms with Crippen molar-refractivity contribution in [2.45, 2.75) is 32.2 Å². The number of carboxylic acid groups (broad SMARTS) is 1. The molecule has 1 heterocycles. The summed E-state index contributed by atoms with van der Waals surface area (Å²) in [5, 5.41) is 8.94. The van der Waals surface area contributed by atoms with Crippen LogP contribution in [0.3, 0.4) is 0 Å². The highest BCUT2D eigenvalue weighted by Crippen LogP contribution is 2.33. The standard InChI is InChI=1S/C12H19NO5S/c1-8-7-19(17,18)5-4-13(8)11(14)9-2-3-10(6-9)12(15)16/h8-10H,2-7H2,1H3,(H,15,16). The summed E-state index contributed by atoms with van der Waals surface area (Å²) < 4.78 is 23.0. The Balaban J connectivity index is 2.00. The van der Waals surface area contributed by atoms with Gasteiger partial charge in [-0.05, 0) is 26.2 Å². The van der Waals surface area contributed by atoms with Crippen LogP contribution in [-0.4, -0.2) is 54.4 Å². The number of hydrogen-bond acceptors (Lipinski definition) is 4. The largest absolute Gasteiger partial charge is 0.481 e. The predicted molar refractivity (Wildman–Crippen MR) is 68.3 cm³/mol. The van der Waals surface area contributed by atoms with Crippen LogP contribution >= 0.6 is 0 Å². The molecule has 2 fully saturated rings. The molecular weight excluding hydrogens is 270 g/mol. The Morgan fingerprint density at radius 1 is 1.21 bits per heavy atom. The Labute approximate surface area is 112 Å². The van der Waals surface area contributed by atoms with Crippen molar-refractivity contribution >= 4 is 21.7 Å². The van der Waals surface area contributed by atoms with E-state index in [0.29, 0.717) is 19.3 Å². The van der Waals surface area contributed by atoms with Crippen LogP contribution in [-0.2, 0) is 19.4 Å². The molecule has 1 amide bonds. The summed E-state index contributed by atoms with van der Waals surface area (Å²) in [6.07, 6.45) is 1.50. The van der Waals surface area contributed by atoms with Gasteiger partial charge in [0, 0.05) is 18.5 Å². The lowest BCUT2D eigenvalue weighted by molar-refractivity contribution is -0.141. The van der Waals surface area contributed by atoms with E-state index in [-0.39, 0.29) is 35.9 Å². The van der Waals surface area contributed by atoms with Crippen LogP contribution in [0.25, 0.3) is 0 Å². The van der Waals surface area contributed by atoms with Crippen molar-refractivity contribution in [1.82, 2.24) is 4.90 Å². The molecule has 2 rings (SSSR count). The number of carbonyl (C=O) groups excluding carboxylic acids is 1. The molecule has 7 heteroatoms. The minimum absolute atomic E-state index is 0.00776. The molecule has 0 spiro atoms. The Bertz CT molecular complexity index is 486. The zero-order valence-electron chi connectivity index (χ0n) is 10.9. The van der Waals surface area contributed by atoms with Crippen molar-refractivity contribution in [1.29, 1.82) is 0 Å². The molecule has 3 unspecified atom stereocenters. The first-order chi connectivity index (χ1) is 8.80. The maximum atomic E-state index is 12.3. The molecule has 0 aromatic rings. The first-order valence-electron chi connectivity index (χ1n) is 6.54. The van der Waals surface area contributed by atoms with Crippen LogP contribution in [0.5, 0.6) is 0 Å². The summed E-state index contributed by atoms with van der Waals surface area (Å²) in [7, 11) is -3.03. The third-order valence-corrected chi connectivity index (χ3v) is 5.88. The number of amides is 1.